The van der Waals surface area contributed by atoms with Crippen LogP contribution in [0, 0.1) is 0 Å². The summed E-state index contributed by atoms with van der Waals surface area (Å²) in [6.45, 7) is -0.466. The molecule has 0 saturated carbocycles. The van der Waals surface area contributed by atoms with E-state index in [2.05, 4.69) is 4.74 Å². The van der Waals surface area contributed by atoms with Crippen molar-refractivity contribution in [3.05, 3.63) is 0 Å². The molecule has 0 aliphatic carbocycles. The largest absolute Gasteiger partial charge is 0.480 e. The van der Waals surface area contributed by atoms with Gasteiger partial charge in [-0.25, -0.2) is 4.39 Å². The first-order valence-electron chi connectivity index (χ1n) is 2.81. The van der Waals surface area contributed by atoms with Gasteiger partial charge in [0.15, 0.2) is 11.7 Å². The van der Waals surface area contributed by atoms with Crippen LogP contribution in [-0.4, -0.2) is 36.0 Å². The van der Waals surface area contributed by atoms with E-state index in [-0.39, 0.29) is 13.2 Å². The maximum absolute atomic E-state index is 12.6. The van der Waals surface area contributed by atoms with Crippen molar-refractivity contribution in [3.63, 3.8) is 0 Å². The fourth-order valence-electron chi connectivity index (χ4n) is 0.766. The second-order valence-electron chi connectivity index (χ2n) is 2.33. The van der Waals surface area contributed by atoms with Crippen LogP contribution >= 0.6 is 0 Å². The SMILES string of the molecule is N[C@@]1(C(=O)O)COC[C@@H]1[18F]. The van der Waals surface area contributed by atoms with Gasteiger partial charge in [-0.1, -0.05) is 0 Å². The van der Waals surface area contributed by atoms with Crippen molar-refractivity contribution >= 4 is 5.97 Å². The van der Waals surface area contributed by atoms with Gasteiger partial charge in [0, 0.05) is 0 Å². The molecule has 3 N–H and O–H groups in total. The first kappa shape index (κ1) is 7.43. The number of carbonyl (C=O) groups is 1. The molecule has 0 aromatic carbocycles. The number of aliphatic carboxylic acids is 1. The van der Waals surface area contributed by atoms with Gasteiger partial charge in [0.05, 0.1) is 13.2 Å². The predicted molar refractivity (Wildman–Crippen MR) is 30.3 cm³/mol. The summed E-state index contributed by atoms with van der Waals surface area (Å²) in [5.41, 5.74) is 3.33. The van der Waals surface area contributed by atoms with E-state index in [1.54, 1.807) is 0 Å². The molecule has 1 fully saturated rings. The number of hydrogen-bond acceptors (Lipinski definition) is 3. The van der Waals surface area contributed by atoms with E-state index in [1.807, 2.05) is 0 Å². The quantitative estimate of drug-likeness (QED) is 0.507. The van der Waals surface area contributed by atoms with Crippen LogP contribution in [0.2, 0.25) is 0 Å². The van der Waals surface area contributed by atoms with Gasteiger partial charge in [-0.2, -0.15) is 0 Å². The van der Waals surface area contributed by atoms with Gasteiger partial charge < -0.3 is 15.6 Å². The highest BCUT2D eigenvalue weighted by atomic mass is 18.2. The lowest BCUT2D eigenvalue weighted by atomic mass is 9.99. The summed E-state index contributed by atoms with van der Waals surface area (Å²) < 4.78 is 17.1. The monoisotopic (exact) mass is 148 g/mol. The van der Waals surface area contributed by atoms with Gasteiger partial charge in [-0.15, -0.1) is 0 Å². The van der Waals surface area contributed by atoms with Crippen molar-refractivity contribution in [1.29, 1.82) is 0 Å². The third-order valence-corrected chi connectivity index (χ3v) is 1.56. The molecule has 1 saturated heterocycles. The third-order valence-electron chi connectivity index (χ3n) is 1.56. The van der Waals surface area contributed by atoms with E-state index in [4.69, 9.17) is 10.8 Å². The summed E-state index contributed by atoms with van der Waals surface area (Å²) in [7, 11) is 0. The lowest BCUT2D eigenvalue weighted by Crippen LogP contribution is -2.55. The third kappa shape index (κ3) is 0.871. The Morgan fingerprint density at radius 1 is 1.90 bits per heavy atom. The standard InChI is InChI=1S/C5H8FNO3/c6-3-1-10-2-5(3,7)4(8)9/h3H,1-2,7H2,(H,8,9)/t3-,5-/m0/s1/i6-1. The highest BCUT2D eigenvalue weighted by Gasteiger charge is 2.48. The fraction of sp³-hybridized carbons (Fsp3) is 0.800. The molecule has 0 aromatic heterocycles. The van der Waals surface area contributed by atoms with Crippen molar-refractivity contribution < 1.29 is 19.0 Å². The molecule has 0 amide bonds. The van der Waals surface area contributed by atoms with E-state index in [1.165, 1.54) is 0 Å². The maximum atomic E-state index is 12.6. The fourth-order valence-corrected chi connectivity index (χ4v) is 0.766. The van der Waals surface area contributed by atoms with Crippen molar-refractivity contribution in [1.82, 2.24) is 0 Å². The van der Waals surface area contributed by atoms with E-state index in [0.717, 1.165) is 0 Å². The summed E-state index contributed by atoms with van der Waals surface area (Å²) in [5, 5.41) is 8.40. The van der Waals surface area contributed by atoms with Crippen LogP contribution in [0.4, 0.5) is 4.39 Å². The van der Waals surface area contributed by atoms with Crippen LogP contribution in [0.3, 0.4) is 0 Å². The molecule has 0 unspecified atom stereocenters. The number of alkyl halides is 1. The molecule has 0 bridgehead atoms. The normalized spacial score (nSPS) is 40.0. The van der Waals surface area contributed by atoms with E-state index >= 15 is 0 Å². The van der Waals surface area contributed by atoms with Gasteiger partial charge in [0.1, 0.15) is 0 Å². The number of halogens is 1. The molecule has 0 spiro atoms. The lowest BCUT2D eigenvalue weighted by molar-refractivity contribution is -0.144. The Balaban J connectivity index is 2.75. The molecule has 1 rings (SSSR count). The van der Waals surface area contributed by atoms with Crippen LogP contribution in [0.15, 0.2) is 0 Å². The topological polar surface area (TPSA) is 72.6 Å². The smallest absolute Gasteiger partial charge is 0.329 e. The average Bonchev–Trinajstić information content (AvgIpc) is 2.15. The van der Waals surface area contributed by atoms with Crippen molar-refractivity contribution in [2.45, 2.75) is 11.7 Å². The summed E-state index contributed by atoms with van der Waals surface area (Å²) >= 11 is 0. The summed E-state index contributed by atoms with van der Waals surface area (Å²) in [4.78, 5) is 10.3. The van der Waals surface area contributed by atoms with Crippen molar-refractivity contribution in [2.24, 2.45) is 5.73 Å². The predicted octanol–water partition coefficient (Wildman–Crippen LogP) is -0.863. The Morgan fingerprint density at radius 3 is 2.70 bits per heavy atom. The summed E-state index contributed by atoms with van der Waals surface area (Å²) in [5.74, 6) is -1.35. The number of carboxylic acid groups (broad SMARTS) is 1. The Morgan fingerprint density at radius 2 is 2.50 bits per heavy atom. The van der Waals surface area contributed by atoms with Gasteiger partial charge in [-0.05, 0) is 0 Å². The highest BCUT2D eigenvalue weighted by Crippen LogP contribution is 2.19. The van der Waals surface area contributed by atoms with Gasteiger partial charge in [0.2, 0.25) is 0 Å². The molecule has 58 valence electrons. The molecular formula is C5H8FNO3. The lowest BCUT2D eigenvalue weighted by Gasteiger charge is -2.17. The van der Waals surface area contributed by atoms with Crippen LogP contribution in [-0.2, 0) is 9.53 Å². The van der Waals surface area contributed by atoms with E-state index < -0.39 is 17.7 Å². The van der Waals surface area contributed by atoms with Crippen LogP contribution in [0.5, 0.6) is 0 Å². The van der Waals surface area contributed by atoms with Crippen molar-refractivity contribution in [3.8, 4) is 0 Å². The number of rotatable bonds is 1. The molecule has 1 aliphatic rings. The molecule has 5 heteroatoms. The first-order chi connectivity index (χ1) is 4.57. The zero-order valence-corrected chi connectivity index (χ0v) is 5.21. The summed E-state index contributed by atoms with van der Waals surface area (Å²) in [6.07, 6.45) is -1.59. The van der Waals surface area contributed by atoms with E-state index in [0.29, 0.717) is 0 Å². The second kappa shape index (κ2) is 2.17. The number of nitrogens with two attached hydrogens (primary N) is 1. The molecule has 0 aromatic rings. The molecule has 4 nitrogen and oxygen atoms in total. The molecular weight excluding hydrogens is 140 g/mol. The number of hydrogen-bond donors (Lipinski definition) is 2. The Bertz CT molecular complexity index is 163. The van der Waals surface area contributed by atoms with Crippen molar-refractivity contribution in [2.75, 3.05) is 13.2 Å². The van der Waals surface area contributed by atoms with Crippen LogP contribution in [0.1, 0.15) is 0 Å². The Kier molecular flexibility index (Phi) is 1.61. The van der Waals surface area contributed by atoms with Crippen LogP contribution < -0.4 is 5.73 Å². The Labute approximate surface area is 56.8 Å². The maximum Gasteiger partial charge on any atom is 0.329 e. The van der Waals surface area contributed by atoms with E-state index in [9.17, 15) is 9.18 Å². The zero-order valence-electron chi connectivity index (χ0n) is 5.21. The number of carboxylic acids is 1. The molecule has 1 heterocycles. The molecule has 10 heavy (non-hydrogen) atoms. The van der Waals surface area contributed by atoms with Gasteiger partial charge >= 0.3 is 5.97 Å². The molecule has 2 atom stereocenters. The first-order valence-corrected chi connectivity index (χ1v) is 2.81. The Hall–Kier alpha value is -0.680. The highest BCUT2D eigenvalue weighted by molar-refractivity contribution is 5.80. The zero-order chi connectivity index (χ0) is 7.78. The van der Waals surface area contributed by atoms with Gasteiger partial charge in [-0.3, -0.25) is 4.79 Å². The van der Waals surface area contributed by atoms with Gasteiger partial charge in [0.25, 0.3) is 0 Å². The minimum Gasteiger partial charge on any atom is -0.480 e. The molecule has 0 radical (unpaired) electrons. The minimum atomic E-state index is -1.82. The summed E-state index contributed by atoms with van der Waals surface area (Å²) in [6, 6.07) is 0. The second-order valence-corrected chi connectivity index (χ2v) is 2.33. The average molecular weight is 148 g/mol. The molecule has 1 aliphatic heterocycles. The van der Waals surface area contributed by atoms with Crippen LogP contribution in [0.25, 0.3) is 0 Å². The minimum absolute atomic E-state index is 0.219. The number of ether oxygens (including phenoxy) is 1.